The van der Waals surface area contributed by atoms with E-state index >= 15 is 0 Å². The molecule has 0 aliphatic carbocycles. The number of aromatic amines is 1. The molecule has 110 valence electrons. The molecule has 0 radical (unpaired) electrons. The van der Waals surface area contributed by atoms with Crippen LogP contribution in [0.15, 0.2) is 58.1 Å². The lowest BCUT2D eigenvalue weighted by Gasteiger charge is -2.02. The van der Waals surface area contributed by atoms with Crippen molar-refractivity contribution in [2.45, 2.75) is 6.92 Å². The molecule has 2 aromatic carbocycles. The monoisotopic (exact) mass is 372 g/mol. The van der Waals surface area contributed by atoms with Crippen molar-refractivity contribution in [1.82, 2.24) is 14.9 Å². The molecule has 0 fully saturated rings. The summed E-state index contributed by atoms with van der Waals surface area (Å²) >= 11 is 8.72. The lowest BCUT2D eigenvalue weighted by Crippen LogP contribution is -1.95. The first-order valence-electron chi connectivity index (χ1n) is 6.68. The molecule has 3 rings (SSSR count). The molecule has 3 aromatic rings. The normalized spacial score (nSPS) is 11.2. The van der Waals surface area contributed by atoms with Gasteiger partial charge in [-0.25, -0.2) is 5.10 Å². The van der Waals surface area contributed by atoms with Gasteiger partial charge in [-0.05, 0) is 42.9 Å². The van der Waals surface area contributed by atoms with E-state index in [1.165, 1.54) is 0 Å². The predicted octanol–water partition coefficient (Wildman–Crippen LogP) is 4.56. The quantitative estimate of drug-likeness (QED) is 0.540. The number of nitrogens with zero attached hydrogens (tertiary/aromatic N) is 3. The van der Waals surface area contributed by atoms with E-state index in [-0.39, 0.29) is 0 Å². The van der Waals surface area contributed by atoms with Gasteiger partial charge in [0, 0.05) is 10.0 Å². The number of hydrogen-bond acceptors (Lipinski definition) is 3. The van der Waals surface area contributed by atoms with Gasteiger partial charge < -0.3 is 0 Å². The van der Waals surface area contributed by atoms with Crippen molar-refractivity contribution in [2.75, 3.05) is 0 Å². The first-order valence-corrected chi connectivity index (χ1v) is 7.88. The predicted molar refractivity (Wildman–Crippen MR) is 94.7 cm³/mol. The lowest BCUT2D eigenvalue weighted by atomic mass is 10.1. The summed E-state index contributed by atoms with van der Waals surface area (Å²) in [5, 5.41) is 11.5. The fourth-order valence-electron chi connectivity index (χ4n) is 2.08. The molecular formula is C16H13BrN4S. The van der Waals surface area contributed by atoms with Crippen molar-refractivity contribution >= 4 is 34.4 Å². The molecule has 0 saturated carbocycles. The van der Waals surface area contributed by atoms with Gasteiger partial charge in [-0.15, -0.1) is 0 Å². The second-order valence-electron chi connectivity index (χ2n) is 4.83. The highest BCUT2D eigenvalue weighted by molar-refractivity contribution is 9.10. The molecule has 0 aliphatic heterocycles. The van der Waals surface area contributed by atoms with Gasteiger partial charge in [-0.2, -0.15) is 14.9 Å². The zero-order valence-electron chi connectivity index (χ0n) is 11.8. The first kappa shape index (κ1) is 14.9. The largest absolute Gasteiger partial charge is 0.250 e. The Bertz CT molecular complexity index is 895. The van der Waals surface area contributed by atoms with Crippen LogP contribution < -0.4 is 0 Å². The van der Waals surface area contributed by atoms with Gasteiger partial charge in [0.1, 0.15) is 0 Å². The van der Waals surface area contributed by atoms with E-state index in [1.54, 1.807) is 10.9 Å². The van der Waals surface area contributed by atoms with Gasteiger partial charge in [0.15, 0.2) is 5.82 Å². The third-order valence-electron chi connectivity index (χ3n) is 3.10. The maximum absolute atomic E-state index is 5.27. The molecule has 0 spiro atoms. The van der Waals surface area contributed by atoms with E-state index in [2.05, 4.69) is 37.3 Å². The van der Waals surface area contributed by atoms with Crippen LogP contribution in [0.3, 0.4) is 0 Å². The van der Waals surface area contributed by atoms with E-state index in [9.17, 15) is 0 Å². The molecule has 4 nitrogen and oxygen atoms in total. The van der Waals surface area contributed by atoms with Crippen LogP contribution >= 0.6 is 28.1 Å². The maximum atomic E-state index is 5.27. The Labute approximate surface area is 141 Å². The van der Waals surface area contributed by atoms with Crippen molar-refractivity contribution in [3.05, 3.63) is 68.9 Å². The van der Waals surface area contributed by atoms with Crippen LogP contribution in [0.5, 0.6) is 0 Å². The summed E-state index contributed by atoms with van der Waals surface area (Å²) < 4.78 is 3.10. The molecule has 0 aliphatic rings. The average Bonchev–Trinajstić information content (AvgIpc) is 2.86. The summed E-state index contributed by atoms with van der Waals surface area (Å²) in [6.07, 6.45) is 1.76. The van der Waals surface area contributed by atoms with Crippen LogP contribution in [-0.2, 0) is 0 Å². The van der Waals surface area contributed by atoms with Gasteiger partial charge in [-0.1, -0.05) is 51.8 Å². The van der Waals surface area contributed by atoms with Gasteiger partial charge in [0.25, 0.3) is 0 Å². The Kier molecular flexibility index (Phi) is 4.31. The SMILES string of the molecule is Cc1cccc(-c2n[nH]c(=S)n2/N=C/c2cccc(Br)c2)c1. The molecule has 0 atom stereocenters. The number of benzene rings is 2. The van der Waals surface area contributed by atoms with E-state index < -0.39 is 0 Å². The highest BCUT2D eigenvalue weighted by Gasteiger charge is 2.07. The van der Waals surface area contributed by atoms with Gasteiger partial charge in [-0.3, -0.25) is 0 Å². The maximum Gasteiger partial charge on any atom is 0.216 e. The average molecular weight is 373 g/mol. The third kappa shape index (κ3) is 3.23. The standard InChI is InChI=1S/C16H13BrN4S/c1-11-4-2-6-13(8-11)15-19-20-16(22)21(15)18-10-12-5-3-7-14(17)9-12/h2-10H,1H3,(H,20,22)/b18-10+. The highest BCUT2D eigenvalue weighted by Crippen LogP contribution is 2.18. The Hall–Kier alpha value is -2.05. The summed E-state index contributed by atoms with van der Waals surface area (Å²) in [7, 11) is 0. The smallest absolute Gasteiger partial charge is 0.216 e. The Balaban J connectivity index is 2.01. The molecule has 6 heteroatoms. The number of aryl methyl sites for hydroxylation is 1. The van der Waals surface area contributed by atoms with Crippen LogP contribution in [-0.4, -0.2) is 21.1 Å². The molecule has 0 unspecified atom stereocenters. The Morgan fingerprint density at radius 1 is 1.23 bits per heavy atom. The minimum absolute atomic E-state index is 0.461. The Morgan fingerprint density at radius 3 is 2.82 bits per heavy atom. The number of nitrogens with one attached hydrogen (secondary N) is 1. The van der Waals surface area contributed by atoms with Gasteiger partial charge in [0.05, 0.1) is 6.21 Å². The van der Waals surface area contributed by atoms with Crippen molar-refractivity contribution in [3.63, 3.8) is 0 Å². The van der Waals surface area contributed by atoms with Crippen LogP contribution in [0, 0.1) is 11.7 Å². The minimum Gasteiger partial charge on any atom is -0.250 e. The van der Waals surface area contributed by atoms with Crippen molar-refractivity contribution in [2.24, 2.45) is 5.10 Å². The molecular weight excluding hydrogens is 360 g/mol. The summed E-state index contributed by atoms with van der Waals surface area (Å²) in [4.78, 5) is 0. The van der Waals surface area contributed by atoms with Crippen LogP contribution in [0.4, 0.5) is 0 Å². The zero-order chi connectivity index (χ0) is 15.5. The summed E-state index contributed by atoms with van der Waals surface area (Å²) in [6.45, 7) is 2.04. The van der Waals surface area contributed by atoms with E-state index in [0.717, 1.165) is 21.2 Å². The van der Waals surface area contributed by atoms with Crippen molar-refractivity contribution in [1.29, 1.82) is 0 Å². The number of hydrogen-bond donors (Lipinski definition) is 1. The highest BCUT2D eigenvalue weighted by atomic mass is 79.9. The van der Waals surface area contributed by atoms with Crippen LogP contribution in [0.2, 0.25) is 0 Å². The van der Waals surface area contributed by atoms with Crippen molar-refractivity contribution < 1.29 is 0 Å². The van der Waals surface area contributed by atoms with Crippen LogP contribution in [0.1, 0.15) is 11.1 Å². The molecule has 1 heterocycles. The molecule has 1 N–H and O–H groups in total. The van der Waals surface area contributed by atoms with Gasteiger partial charge >= 0.3 is 0 Å². The molecule has 22 heavy (non-hydrogen) atoms. The van der Waals surface area contributed by atoms with Crippen molar-refractivity contribution in [3.8, 4) is 11.4 Å². The molecule has 0 amide bonds. The number of aromatic nitrogens is 3. The molecule has 1 aromatic heterocycles. The second kappa shape index (κ2) is 6.37. The number of halogens is 1. The van der Waals surface area contributed by atoms with E-state index in [4.69, 9.17) is 12.2 Å². The summed E-state index contributed by atoms with van der Waals surface area (Å²) in [6, 6.07) is 16.0. The molecule has 0 saturated heterocycles. The zero-order valence-corrected chi connectivity index (χ0v) is 14.2. The fourth-order valence-corrected chi connectivity index (χ4v) is 2.68. The van der Waals surface area contributed by atoms with Gasteiger partial charge in [0.2, 0.25) is 4.77 Å². The van der Waals surface area contributed by atoms with E-state index in [1.807, 2.05) is 49.4 Å². The second-order valence-corrected chi connectivity index (χ2v) is 6.14. The Morgan fingerprint density at radius 2 is 2.05 bits per heavy atom. The first-order chi connectivity index (χ1) is 10.6. The third-order valence-corrected chi connectivity index (χ3v) is 3.86. The summed E-state index contributed by atoms with van der Waals surface area (Å²) in [5.41, 5.74) is 3.11. The number of H-pyrrole nitrogens is 1. The summed E-state index contributed by atoms with van der Waals surface area (Å²) in [5.74, 6) is 0.694. The van der Waals surface area contributed by atoms with Crippen LogP contribution in [0.25, 0.3) is 11.4 Å². The lowest BCUT2D eigenvalue weighted by molar-refractivity contribution is 0.871. The van der Waals surface area contributed by atoms with E-state index in [0.29, 0.717) is 10.6 Å². The topological polar surface area (TPSA) is 46.0 Å². The minimum atomic E-state index is 0.461. The molecule has 0 bridgehead atoms. The fraction of sp³-hybridized carbons (Fsp3) is 0.0625. The number of rotatable bonds is 3.